The quantitative estimate of drug-likeness (QED) is 0.0377. The Bertz CT molecular complexity index is 1420. The summed E-state index contributed by atoms with van der Waals surface area (Å²) < 4.78 is 43.6. The van der Waals surface area contributed by atoms with Gasteiger partial charge in [-0.2, -0.15) is 0 Å². The zero-order chi connectivity index (χ0) is 43.6. The van der Waals surface area contributed by atoms with Crippen LogP contribution in [0.5, 0.6) is 0 Å². The van der Waals surface area contributed by atoms with Crippen molar-refractivity contribution in [2.75, 3.05) is 131 Å². The first-order valence-corrected chi connectivity index (χ1v) is 20.2. The fourth-order valence-electron chi connectivity index (χ4n) is 5.01. The van der Waals surface area contributed by atoms with Crippen molar-refractivity contribution in [1.82, 2.24) is 20.9 Å². The number of hydrogen-bond acceptors (Lipinski definition) is 14. The Morgan fingerprint density at radius 1 is 0.583 bits per heavy atom. The molecule has 1 aliphatic heterocycles. The van der Waals surface area contributed by atoms with Crippen LogP contribution < -0.4 is 21.3 Å². The minimum absolute atomic E-state index is 0.0388. The molecule has 19 nitrogen and oxygen atoms in total. The molecule has 6 amide bonds. The number of imide groups is 1. The van der Waals surface area contributed by atoms with Crippen LogP contribution in [0.15, 0.2) is 36.4 Å². The van der Waals surface area contributed by atoms with Gasteiger partial charge in [-0.05, 0) is 18.1 Å². The standard InChI is InChI=1S/C40H62BN5O14/c1-31(2)39(40(52)43-30-36(49)44-33-5-3-32(29-41)4-6-33)45-35(48)10-13-53-15-17-55-19-21-57-23-25-59-27-28-60-26-24-58-22-20-56-18-16-54-14-11-42-34(47)9-12-46-37(50)7-8-38(46)51/h3-8,31,39H,9-30H2,1-2H3,(H,42,47)(H,43,52)(H,44,49)(H,45,48). The fraction of sp³-hybridized carbons (Fsp3) is 0.650. The smallest absolute Gasteiger partial charge is 0.253 e. The molecular weight excluding hydrogens is 785 g/mol. The molecule has 20 heteroatoms. The highest BCUT2D eigenvalue weighted by molar-refractivity contribution is 6.13. The average Bonchev–Trinajstić information content (AvgIpc) is 3.56. The fourth-order valence-corrected chi connectivity index (χ4v) is 5.01. The van der Waals surface area contributed by atoms with E-state index >= 15 is 0 Å². The van der Waals surface area contributed by atoms with Gasteiger partial charge in [0.2, 0.25) is 23.6 Å². The predicted octanol–water partition coefficient (Wildman–Crippen LogP) is -0.495. The molecule has 60 heavy (non-hydrogen) atoms. The SMILES string of the molecule is [B]Cc1ccc(NC(=O)CNC(=O)C(NC(=O)CCOCCOCCOCCOCCOCCOCCOCCOCCNC(=O)CCN2C(=O)C=CC2=O)C(C)C)cc1. The van der Waals surface area contributed by atoms with E-state index in [-0.39, 0.29) is 56.2 Å². The number of hydrogen-bond donors (Lipinski definition) is 4. The summed E-state index contributed by atoms with van der Waals surface area (Å²) in [5.41, 5.74) is 1.52. The van der Waals surface area contributed by atoms with Gasteiger partial charge >= 0.3 is 0 Å². The van der Waals surface area contributed by atoms with E-state index < -0.39 is 23.8 Å². The summed E-state index contributed by atoms with van der Waals surface area (Å²) in [6.45, 7) is 9.75. The Morgan fingerprint density at radius 2 is 1.03 bits per heavy atom. The highest BCUT2D eigenvalue weighted by Crippen LogP contribution is 2.09. The first-order chi connectivity index (χ1) is 29.1. The molecule has 1 aliphatic rings. The highest BCUT2D eigenvalue weighted by atomic mass is 16.6. The molecule has 4 N–H and O–H groups in total. The van der Waals surface area contributed by atoms with E-state index in [4.69, 9.17) is 45.7 Å². The number of nitrogens with one attached hydrogen (secondary N) is 4. The second kappa shape index (κ2) is 33.4. The summed E-state index contributed by atoms with van der Waals surface area (Å²) in [6, 6.07) is 6.28. The minimum atomic E-state index is -0.801. The van der Waals surface area contributed by atoms with Gasteiger partial charge in [-0.3, -0.25) is 33.7 Å². The van der Waals surface area contributed by atoms with Crippen molar-refractivity contribution in [2.45, 2.75) is 39.1 Å². The van der Waals surface area contributed by atoms with Crippen LogP contribution in [-0.2, 0) is 73.0 Å². The Balaban J connectivity index is 1.27. The first kappa shape index (κ1) is 51.9. The molecule has 0 aromatic heterocycles. The van der Waals surface area contributed by atoms with E-state index in [1.807, 2.05) is 12.1 Å². The molecule has 0 bridgehead atoms. The first-order valence-electron chi connectivity index (χ1n) is 20.2. The monoisotopic (exact) mass is 847 g/mol. The van der Waals surface area contributed by atoms with Crippen molar-refractivity contribution in [2.24, 2.45) is 5.92 Å². The Hall–Kier alpha value is -4.28. The number of nitrogens with zero attached hydrogens (tertiary/aromatic N) is 1. The number of carbonyl (C=O) groups excluding carboxylic acids is 6. The molecule has 1 aromatic rings. The van der Waals surface area contributed by atoms with Crippen molar-refractivity contribution < 1.29 is 66.7 Å². The van der Waals surface area contributed by atoms with E-state index in [1.54, 1.807) is 26.0 Å². The van der Waals surface area contributed by atoms with Crippen molar-refractivity contribution >= 4 is 49.0 Å². The number of ether oxygens (including phenoxy) is 8. The van der Waals surface area contributed by atoms with Gasteiger partial charge in [0.15, 0.2) is 0 Å². The Kier molecular flexibility index (Phi) is 28.9. The van der Waals surface area contributed by atoms with Gasteiger partial charge in [0.05, 0.1) is 120 Å². The number of anilines is 1. The molecule has 1 atom stereocenters. The normalized spacial score (nSPS) is 12.9. The van der Waals surface area contributed by atoms with Crippen LogP contribution >= 0.6 is 0 Å². The summed E-state index contributed by atoms with van der Waals surface area (Å²) in [4.78, 5) is 73.1. The molecule has 1 aromatic carbocycles. The molecule has 2 rings (SSSR count). The van der Waals surface area contributed by atoms with Crippen LogP contribution in [0.4, 0.5) is 5.69 Å². The number of benzene rings is 1. The molecule has 0 saturated heterocycles. The van der Waals surface area contributed by atoms with E-state index in [2.05, 4.69) is 21.3 Å². The Morgan fingerprint density at radius 3 is 1.48 bits per heavy atom. The maximum atomic E-state index is 12.7. The molecule has 0 fully saturated rings. The second-order valence-electron chi connectivity index (χ2n) is 13.4. The van der Waals surface area contributed by atoms with Crippen molar-refractivity contribution in [3.8, 4) is 0 Å². The van der Waals surface area contributed by atoms with Crippen molar-refractivity contribution in [3.05, 3.63) is 42.0 Å². The van der Waals surface area contributed by atoms with Crippen LogP contribution in [0.25, 0.3) is 0 Å². The molecule has 2 radical (unpaired) electrons. The van der Waals surface area contributed by atoms with Gasteiger partial charge in [-0.15, -0.1) is 0 Å². The average molecular weight is 848 g/mol. The number of amides is 6. The van der Waals surface area contributed by atoms with Gasteiger partial charge < -0.3 is 59.2 Å². The van der Waals surface area contributed by atoms with Crippen LogP contribution in [-0.4, -0.2) is 180 Å². The summed E-state index contributed by atoms with van der Waals surface area (Å²) in [7, 11) is 5.59. The molecule has 1 unspecified atom stereocenters. The predicted molar refractivity (Wildman–Crippen MR) is 219 cm³/mol. The summed E-state index contributed by atoms with van der Waals surface area (Å²) in [6.07, 6.45) is 2.87. The highest BCUT2D eigenvalue weighted by Gasteiger charge is 2.25. The number of carbonyl (C=O) groups is 6. The van der Waals surface area contributed by atoms with Gasteiger partial charge in [0.25, 0.3) is 11.8 Å². The van der Waals surface area contributed by atoms with E-state index in [9.17, 15) is 28.8 Å². The van der Waals surface area contributed by atoms with E-state index in [1.165, 1.54) is 12.2 Å². The number of rotatable bonds is 37. The van der Waals surface area contributed by atoms with Gasteiger partial charge in [-0.1, -0.05) is 37.9 Å². The largest absolute Gasteiger partial charge is 0.379 e. The van der Waals surface area contributed by atoms with E-state index in [0.717, 1.165) is 10.5 Å². The summed E-state index contributed by atoms with van der Waals surface area (Å²) >= 11 is 0. The van der Waals surface area contributed by atoms with Crippen LogP contribution in [0.3, 0.4) is 0 Å². The lowest BCUT2D eigenvalue weighted by Gasteiger charge is -2.21. The third kappa shape index (κ3) is 25.4. The third-order valence-electron chi connectivity index (χ3n) is 8.27. The Labute approximate surface area is 353 Å². The van der Waals surface area contributed by atoms with Gasteiger partial charge in [0.1, 0.15) is 6.04 Å². The molecule has 0 saturated carbocycles. The van der Waals surface area contributed by atoms with Crippen LogP contribution in [0, 0.1) is 5.92 Å². The molecule has 0 aliphatic carbocycles. The molecule has 0 spiro atoms. The van der Waals surface area contributed by atoms with Crippen LogP contribution in [0.1, 0.15) is 32.3 Å². The summed E-state index contributed by atoms with van der Waals surface area (Å²) in [5, 5.41) is 10.7. The van der Waals surface area contributed by atoms with Crippen molar-refractivity contribution in [1.29, 1.82) is 0 Å². The summed E-state index contributed by atoms with van der Waals surface area (Å²) in [5.74, 6) is -2.46. The van der Waals surface area contributed by atoms with E-state index in [0.29, 0.717) is 118 Å². The zero-order valence-electron chi connectivity index (χ0n) is 34.9. The maximum absolute atomic E-state index is 12.7. The minimum Gasteiger partial charge on any atom is -0.379 e. The molecular formula is C40H62BN5O14. The van der Waals surface area contributed by atoms with Gasteiger partial charge in [0, 0.05) is 43.8 Å². The van der Waals surface area contributed by atoms with Crippen LogP contribution in [0.2, 0.25) is 0 Å². The topological polar surface area (TPSA) is 228 Å². The lowest BCUT2D eigenvalue weighted by molar-refractivity contribution is -0.137. The zero-order valence-corrected chi connectivity index (χ0v) is 34.9. The third-order valence-corrected chi connectivity index (χ3v) is 8.27. The lowest BCUT2D eigenvalue weighted by Crippen LogP contribution is -2.51. The van der Waals surface area contributed by atoms with Crippen molar-refractivity contribution in [3.63, 3.8) is 0 Å². The lowest BCUT2D eigenvalue weighted by atomic mass is 9.97. The maximum Gasteiger partial charge on any atom is 0.253 e. The second-order valence-corrected chi connectivity index (χ2v) is 13.4. The van der Waals surface area contributed by atoms with Gasteiger partial charge in [-0.25, -0.2) is 0 Å². The molecule has 1 heterocycles. The molecule has 334 valence electrons.